The Labute approximate surface area is 189 Å². The number of esters is 1. The lowest BCUT2D eigenvalue weighted by atomic mass is 9.77. The monoisotopic (exact) mass is 485 g/mol. The molecule has 7 nitrogen and oxygen atoms in total. The van der Waals surface area contributed by atoms with Crippen LogP contribution >= 0.6 is 15.9 Å². The molecule has 0 bridgehead atoms. The van der Waals surface area contributed by atoms with Crippen LogP contribution in [0.1, 0.15) is 47.3 Å². The summed E-state index contributed by atoms with van der Waals surface area (Å²) in [6, 6.07) is 16.0. The molecule has 0 spiro atoms. The van der Waals surface area contributed by atoms with Gasteiger partial charge in [0.1, 0.15) is 11.9 Å². The third-order valence-corrected chi connectivity index (χ3v) is 5.89. The molecule has 1 heterocycles. The molecule has 4 rings (SSSR count). The highest BCUT2D eigenvalue weighted by Crippen LogP contribution is 2.40. The van der Waals surface area contributed by atoms with Crippen molar-refractivity contribution in [1.82, 2.24) is 15.0 Å². The molecular formula is C23H24BrN3O4. The van der Waals surface area contributed by atoms with Gasteiger partial charge in [0.25, 0.3) is 0 Å². The molecule has 1 aromatic heterocycles. The summed E-state index contributed by atoms with van der Waals surface area (Å²) in [5.74, 6) is 1.05. The summed E-state index contributed by atoms with van der Waals surface area (Å²) in [6.07, 6.45) is 1.74. The summed E-state index contributed by atoms with van der Waals surface area (Å²) in [4.78, 5) is 12.4. The summed E-state index contributed by atoms with van der Waals surface area (Å²) in [7, 11) is 1.63. The lowest BCUT2D eigenvalue weighted by Crippen LogP contribution is -2.33. The number of methoxy groups -OCH3 is 1. The smallest absolute Gasteiger partial charge is 0.364 e. The Morgan fingerprint density at radius 3 is 2.48 bits per heavy atom. The van der Waals surface area contributed by atoms with Crippen molar-refractivity contribution in [3.8, 4) is 11.6 Å². The van der Waals surface area contributed by atoms with E-state index in [1.54, 1.807) is 18.7 Å². The number of hydrogen-bond donors (Lipinski definition) is 0. The molecule has 0 aliphatic heterocycles. The van der Waals surface area contributed by atoms with Gasteiger partial charge in [0.05, 0.1) is 20.3 Å². The predicted octanol–water partition coefficient (Wildman–Crippen LogP) is 4.60. The second-order valence-electron chi connectivity index (χ2n) is 7.43. The van der Waals surface area contributed by atoms with E-state index in [0.29, 0.717) is 18.3 Å². The third-order valence-electron chi connectivity index (χ3n) is 5.36. The molecule has 0 amide bonds. The Hall–Kier alpha value is -2.87. The lowest BCUT2D eigenvalue weighted by Gasteiger charge is -2.35. The van der Waals surface area contributed by atoms with E-state index in [9.17, 15) is 4.79 Å². The minimum atomic E-state index is -0.526. The first kappa shape index (κ1) is 21.4. The maximum Gasteiger partial charge on any atom is 0.364 e. The summed E-state index contributed by atoms with van der Waals surface area (Å²) in [6.45, 7) is 2.45. The van der Waals surface area contributed by atoms with E-state index in [0.717, 1.165) is 28.6 Å². The van der Waals surface area contributed by atoms with E-state index >= 15 is 0 Å². The Morgan fingerprint density at radius 1 is 1.13 bits per heavy atom. The van der Waals surface area contributed by atoms with Crippen molar-refractivity contribution in [3.05, 3.63) is 69.8 Å². The fraction of sp³-hybridized carbons (Fsp3) is 0.348. The predicted molar refractivity (Wildman–Crippen MR) is 119 cm³/mol. The molecule has 162 valence electrons. The Balaban J connectivity index is 1.49. The Bertz CT molecular complexity index is 1030. The van der Waals surface area contributed by atoms with E-state index < -0.39 is 5.97 Å². The van der Waals surface area contributed by atoms with Crippen LogP contribution in [0.4, 0.5) is 0 Å². The molecule has 3 aromatic rings. The highest BCUT2D eigenvalue weighted by Gasteiger charge is 2.35. The maximum atomic E-state index is 12.4. The normalized spacial score (nSPS) is 17.6. The summed E-state index contributed by atoms with van der Waals surface area (Å²) in [5, 5.41) is 8.21. The second-order valence-corrected chi connectivity index (χ2v) is 8.34. The van der Waals surface area contributed by atoms with Crippen molar-refractivity contribution in [2.45, 2.75) is 38.3 Å². The molecule has 1 aliphatic carbocycles. The molecule has 8 heteroatoms. The fourth-order valence-electron chi connectivity index (χ4n) is 3.58. The van der Waals surface area contributed by atoms with Crippen molar-refractivity contribution in [2.24, 2.45) is 0 Å². The van der Waals surface area contributed by atoms with Gasteiger partial charge in [-0.3, -0.25) is 0 Å². The van der Waals surface area contributed by atoms with Gasteiger partial charge in [-0.15, -0.1) is 5.10 Å². The van der Waals surface area contributed by atoms with Crippen molar-refractivity contribution >= 4 is 21.9 Å². The van der Waals surface area contributed by atoms with Gasteiger partial charge in [0.2, 0.25) is 11.6 Å². The molecule has 0 atom stereocenters. The molecule has 0 N–H and O–H groups in total. The average Bonchev–Trinajstić information content (AvgIpc) is 3.14. The van der Waals surface area contributed by atoms with E-state index in [4.69, 9.17) is 14.2 Å². The van der Waals surface area contributed by atoms with Crippen LogP contribution in [0.25, 0.3) is 0 Å². The number of benzene rings is 2. The lowest BCUT2D eigenvalue weighted by molar-refractivity contribution is 0.0495. The first-order chi connectivity index (χ1) is 15.1. The molecule has 2 aromatic carbocycles. The average molecular weight is 486 g/mol. The van der Waals surface area contributed by atoms with E-state index in [1.165, 1.54) is 5.56 Å². The van der Waals surface area contributed by atoms with E-state index in [-0.39, 0.29) is 18.4 Å². The van der Waals surface area contributed by atoms with Crippen molar-refractivity contribution < 1.29 is 19.0 Å². The molecule has 0 radical (unpaired) electrons. The number of carbonyl (C=O) groups excluding carboxylic acids is 1. The number of rotatable bonds is 8. The SMILES string of the molecule is CCOC(=O)c1nnn(Cc2ccc(OC)cc2)c1O[C@H]1C[C@H](c2ccc(Br)cc2)C1. The number of carbonyl (C=O) groups is 1. The number of ether oxygens (including phenoxy) is 3. The highest BCUT2D eigenvalue weighted by molar-refractivity contribution is 9.10. The van der Waals surface area contributed by atoms with E-state index in [1.807, 2.05) is 24.3 Å². The van der Waals surface area contributed by atoms with Crippen molar-refractivity contribution in [1.29, 1.82) is 0 Å². The fourth-order valence-corrected chi connectivity index (χ4v) is 3.85. The number of nitrogens with zero attached hydrogens (tertiary/aromatic N) is 3. The third kappa shape index (κ3) is 4.90. The van der Waals surface area contributed by atoms with Crippen LogP contribution in [0.5, 0.6) is 11.6 Å². The largest absolute Gasteiger partial charge is 0.497 e. The summed E-state index contributed by atoms with van der Waals surface area (Å²) in [5.41, 5.74) is 2.40. The van der Waals surface area contributed by atoms with Crippen LogP contribution in [0.2, 0.25) is 0 Å². The van der Waals surface area contributed by atoms with Gasteiger partial charge in [-0.05, 0) is 61.1 Å². The van der Waals surface area contributed by atoms with Gasteiger partial charge in [0.15, 0.2) is 0 Å². The summed E-state index contributed by atoms with van der Waals surface area (Å²) < 4.78 is 19.2. The second kappa shape index (κ2) is 9.51. The zero-order valence-electron chi connectivity index (χ0n) is 17.5. The Kier molecular flexibility index (Phi) is 6.56. The molecule has 31 heavy (non-hydrogen) atoms. The highest BCUT2D eigenvalue weighted by atomic mass is 79.9. The van der Waals surface area contributed by atoms with Crippen molar-refractivity contribution in [3.63, 3.8) is 0 Å². The maximum absolute atomic E-state index is 12.4. The van der Waals surface area contributed by atoms with Gasteiger partial charge in [-0.25, -0.2) is 9.48 Å². The summed E-state index contributed by atoms with van der Waals surface area (Å²) >= 11 is 3.47. The van der Waals surface area contributed by atoms with Crippen LogP contribution in [0.15, 0.2) is 53.0 Å². The molecule has 1 saturated carbocycles. The van der Waals surface area contributed by atoms with Gasteiger partial charge in [-0.2, -0.15) is 0 Å². The van der Waals surface area contributed by atoms with Crippen LogP contribution in [0.3, 0.4) is 0 Å². The van der Waals surface area contributed by atoms with Crippen LogP contribution in [0, 0.1) is 0 Å². The standard InChI is InChI=1S/C23H24BrN3O4/c1-3-30-23(28)21-22(27(26-25-21)14-15-4-10-19(29-2)11-5-15)31-20-12-17(13-20)16-6-8-18(24)9-7-16/h4-11,17,20H,3,12-14H2,1-2H3/t17-,20-. The zero-order valence-corrected chi connectivity index (χ0v) is 19.0. The number of aromatic nitrogens is 3. The number of hydrogen-bond acceptors (Lipinski definition) is 6. The van der Waals surface area contributed by atoms with Crippen LogP contribution in [-0.2, 0) is 11.3 Å². The Morgan fingerprint density at radius 2 is 1.84 bits per heavy atom. The van der Waals surface area contributed by atoms with Gasteiger partial charge in [-0.1, -0.05) is 45.4 Å². The molecule has 0 saturated heterocycles. The van der Waals surface area contributed by atoms with E-state index in [2.05, 4.69) is 50.5 Å². The molecule has 0 unspecified atom stereocenters. The first-order valence-electron chi connectivity index (χ1n) is 10.2. The van der Waals surface area contributed by atoms with Crippen molar-refractivity contribution in [2.75, 3.05) is 13.7 Å². The minimum Gasteiger partial charge on any atom is -0.497 e. The molecule has 1 aliphatic rings. The molecule has 1 fully saturated rings. The zero-order chi connectivity index (χ0) is 21.8. The number of halogens is 1. The van der Waals surface area contributed by atoms with Gasteiger partial charge in [0, 0.05) is 4.47 Å². The molecular weight excluding hydrogens is 462 g/mol. The minimum absolute atomic E-state index is 0.00468. The van der Waals surface area contributed by atoms with Crippen LogP contribution < -0.4 is 9.47 Å². The topological polar surface area (TPSA) is 75.5 Å². The van der Waals surface area contributed by atoms with Gasteiger partial charge >= 0.3 is 5.97 Å². The van der Waals surface area contributed by atoms with Gasteiger partial charge < -0.3 is 14.2 Å². The van der Waals surface area contributed by atoms with Crippen LogP contribution in [-0.4, -0.2) is 40.8 Å². The quantitative estimate of drug-likeness (QED) is 0.434. The first-order valence-corrected chi connectivity index (χ1v) is 11.0.